The Hall–Kier alpha value is -2.60. The lowest BCUT2D eigenvalue weighted by Gasteiger charge is -2.10. The Balaban J connectivity index is 1.83. The van der Waals surface area contributed by atoms with Crippen molar-refractivity contribution in [1.29, 1.82) is 0 Å². The molecular weight excluding hydrogens is 331 g/mol. The number of nitrogens with zero attached hydrogens (tertiary/aromatic N) is 2. The lowest BCUT2D eigenvalue weighted by atomic mass is 10.2. The third-order valence-electron chi connectivity index (χ3n) is 3.66. The maximum Gasteiger partial charge on any atom is 0.221 e. The van der Waals surface area contributed by atoms with Gasteiger partial charge in [-0.2, -0.15) is 0 Å². The fourth-order valence-corrected chi connectivity index (χ4v) is 2.66. The smallest absolute Gasteiger partial charge is 0.221 e. The van der Waals surface area contributed by atoms with Crippen molar-refractivity contribution >= 4 is 39.9 Å². The number of rotatable bonds is 4. The highest BCUT2D eigenvalue weighted by Crippen LogP contribution is 2.22. The van der Waals surface area contributed by atoms with Crippen molar-refractivity contribution in [2.24, 2.45) is 7.05 Å². The minimum absolute atomic E-state index is 0.209. The Morgan fingerprint density at radius 2 is 2.08 bits per heavy atom. The number of hydrogen-bond acceptors (Lipinski definition) is 3. The predicted molar refractivity (Wildman–Crippen MR) is 93.8 cm³/mol. The van der Waals surface area contributed by atoms with Gasteiger partial charge in [0, 0.05) is 24.7 Å². The molecule has 0 aliphatic carbocycles. The average Bonchev–Trinajstić information content (AvgIpc) is 2.83. The molecule has 2 aromatic carbocycles. The molecule has 5 nitrogen and oxygen atoms in total. The van der Waals surface area contributed by atoms with Crippen LogP contribution in [-0.4, -0.2) is 15.5 Å². The molecule has 124 valence electrons. The van der Waals surface area contributed by atoms with Crippen LogP contribution in [0.1, 0.15) is 12.7 Å². The van der Waals surface area contributed by atoms with Gasteiger partial charge in [0.2, 0.25) is 5.91 Å². The largest absolute Gasteiger partial charge is 0.375 e. The van der Waals surface area contributed by atoms with Gasteiger partial charge in [0.15, 0.2) is 0 Å². The Morgan fingerprint density at radius 1 is 1.29 bits per heavy atom. The minimum atomic E-state index is -0.397. The second-order valence-corrected chi connectivity index (χ2v) is 5.89. The normalized spacial score (nSPS) is 10.8. The van der Waals surface area contributed by atoms with Crippen LogP contribution in [0.5, 0.6) is 0 Å². The van der Waals surface area contributed by atoms with Crippen LogP contribution in [-0.2, 0) is 18.4 Å². The van der Waals surface area contributed by atoms with Gasteiger partial charge in [-0.15, -0.1) is 0 Å². The Kier molecular flexibility index (Phi) is 4.40. The number of carbonyl (C=O) groups is 1. The molecule has 0 spiro atoms. The number of hydrogen-bond donors (Lipinski definition) is 2. The minimum Gasteiger partial charge on any atom is -0.375 e. The number of imidazole rings is 1. The third kappa shape index (κ3) is 3.33. The summed E-state index contributed by atoms with van der Waals surface area (Å²) in [7, 11) is 1.89. The molecule has 3 aromatic rings. The second-order valence-electron chi connectivity index (χ2n) is 5.45. The van der Waals surface area contributed by atoms with Gasteiger partial charge in [-0.3, -0.25) is 4.79 Å². The molecule has 24 heavy (non-hydrogen) atoms. The van der Waals surface area contributed by atoms with E-state index in [-0.39, 0.29) is 5.91 Å². The van der Waals surface area contributed by atoms with Crippen molar-refractivity contribution in [3.05, 3.63) is 53.1 Å². The van der Waals surface area contributed by atoms with Crippen LogP contribution < -0.4 is 10.6 Å². The van der Waals surface area contributed by atoms with Crippen LogP contribution in [0.25, 0.3) is 11.0 Å². The zero-order valence-electron chi connectivity index (χ0n) is 13.2. The number of fused-ring (bicyclic) bond motifs is 1. The summed E-state index contributed by atoms with van der Waals surface area (Å²) >= 11 is 5.98. The van der Waals surface area contributed by atoms with Crippen molar-refractivity contribution in [3.8, 4) is 0 Å². The highest BCUT2D eigenvalue weighted by molar-refractivity contribution is 6.31. The molecule has 0 aliphatic rings. The number of amides is 1. The molecule has 2 N–H and O–H groups in total. The van der Waals surface area contributed by atoms with E-state index in [1.54, 1.807) is 18.2 Å². The first-order valence-electron chi connectivity index (χ1n) is 7.36. The molecule has 0 fully saturated rings. The lowest BCUT2D eigenvalue weighted by molar-refractivity contribution is -0.114. The molecule has 0 unspecified atom stereocenters. The lowest BCUT2D eigenvalue weighted by Crippen LogP contribution is -2.09. The van der Waals surface area contributed by atoms with E-state index in [1.807, 2.05) is 17.7 Å². The molecular formula is C17H16ClFN4O. The van der Waals surface area contributed by atoms with Crippen molar-refractivity contribution < 1.29 is 9.18 Å². The van der Waals surface area contributed by atoms with Crippen LogP contribution in [0.15, 0.2) is 36.4 Å². The standard InChI is InChI=1S/C17H16ClFN4O/c1-10(24)21-12-4-5-13(19)14(8-12)20-9-17-22-15-7-11(18)3-6-16(15)23(17)2/h3-8,20H,9H2,1-2H3,(H,21,24). The van der Waals surface area contributed by atoms with Crippen molar-refractivity contribution in [1.82, 2.24) is 9.55 Å². The molecule has 0 atom stereocenters. The maximum atomic E-state index is 13.9. The van der Waals surface area contributed by atoms with Gasteiger partial charge in [0.1, 0.15) is 11.6 Å². The molecule has 0 radical (unpaired) electrons. The summed E-state index contributed by atoms with van der Waals surface area (Å²) in [6.45, 7) is 1.74. The summed E-state index contributed by atoms with van der Waals surface area (Å²) in [6.07, 6.45) is 0. The first-order chi connectivity index (χ1) is 11.4. The maximum absolute atomic E-state index is 13.9. The fraction of sp³-hybridized carbons (Fsp3) is 0.176. The Bertz CT molecular complexity index is 922. The van der Waals surface area contributed by atoms with E-state index in [2.05, 4.69) is 15.6 Å². The van der Waals surface area contributed by atoms with Crippen LogP contribution in [0.4, 0.5) is 15.8 Å². The second kappa shape index (κ2) is 6.49. The monoisotopic (exact) mass is 346 g/mol. The third-order valence-corrected chi connectivity index (χ3v) is 3.89. The van der Waals surface area contributed by atoms with E-state index in [4.69, 9.17) is 11.6 Å². The van der Waals surface area contributed by atoms with Gasteiger partial charge >= 0.3 is 0 Å². The molecule has 3 rings (SSSR count). The zero-order valence-corrected chi connectivity index (χ0v) is 14.0. The van der Waals surface area contributed by atoms with Gasteiger partial charge < -0.3 is 15.2 Å². The number of nitrogens with one attached hydrogen (secondary N) is 2. The molecule has 1 amide bonds. The van der Waals surface area contributed by atoms with Crippen LogP contribution in [0.3, 0.4) is 0 Å². The number of halogens is 2. The van der Waals surface area contributed by atoms with Gasteiger partial charge in [0.05, 0.1) is 23.3 Å². The first-order valence-corrected chi connectivity index (χ1v) is 7.73. The zero-order chi connectivity index (χ0) is 17.3. The number of anilines is 2. The van der Waals surface area contributed by atoms with Crippen LogP contribution in [0, 0.1) is 5.82 Å². The van der Waals surface area contributed by atoms with E-state index in [0.717, 1.165) is 16.9 Å². The van der Waals surface area contributed by atoms with E-state index in [0.29, 0.717) is 22.9 Å². The quantitative estimate of drug-likeness (QED) is 0.752. The SMILES string of the molecule is CC(=O)Nc1ccc(F)c(NCc2nc3cc(Cl)ccc3n2C)c1. The molecule has 1 heterocycles. The highest BCUT2D eigenvalue weighted by atomic mass is 35.5. The fourth-order valence-electron chi connectivity index (χ4n) is 2.50. The molecule has 7 heteroatoms. The van der Waals surface area contributed by atoms with Crippen molar-refractivity contribution in [3.63, 3.8) is 0 Å². The first kappa shape index (κ1) is 16.3. The Morgan fingerprint density at radius 3 is 2.83 bits per heavy atom. The van der Waals surface area contributed by atoms with Gasteiger partial charge in [0.25, 0.3) is 0 Å². The number of aromatic nitrogens is 2. The summed E-state index contributed by atoms with van der Waals surface area (Å²) in [5.74, 6) is 0.141. The van der Waals surface area contributed by atoms with Crippen LogP contribution >= 0.6 is 11.6 Å². The summed E-state index contributed by atoms with van der Waals surface area (Å²) in [5, 5.41) is 6.26. The molecule has 0 aliphatic heterocycles. The molecule has 0 bridgehead atoms. The van der Waals surface area contributed by atoms with E-state index < -0.39 is 5.82 Å². The molecule has 0 saturated carbocycles. The van der Waals surface area contributed by atoms with E-state index >= 15 is 0 Å². The predicted octanol–water partition coefficient (Wildman–Crippen LogP) is 3.94. The van der Waals surface area contributed by atoms with E-state index in [9.17, 15) is 9.18 Å². The topological polar surface area (TPSA) is 59.0 Å². The number of benzene rings is 2. The van der Waals surface area contributed by atoms with Gasteiger partial charge in [-0.25, -0.2) is 9.37 Å². The summed E-state index contributed by atoms with van der Waals surface area (Å²) < 4.78 is 15.9. The Labute approximate surface area is 143 Å². The highest BCUT2D eigenvalue weighted by Gasteiger charge is 2.10. The average molecular weight is 347 g/mol. The van der Waals surface area contributed by atoms with Gasteiger partial charge in [-0.1, -0.05) is 11.6 Å². The van der Waals surface area contributed by atoms with Crippen molar-refractivity contribution in [2.75, 3.05) is 10.6 Å². The summed E-state index contributed by atoms with van der Waals surface area (Å²) in [5.41, 5.74) is 2.56. The van der Waals surface area contributed by atoms with Crippen molar-refractivity contribution in [2.45, 2.75) is 13.5 Å². The summed E-state index contributed by atoms with van der Waals surface area (Å²) in [4.78, 5) is 15.6. The number of aryl methyl sites for hydroxylation is 1. The number of carbonyl (C=O) groups excluding carboxylic acids is 1. The van der Waals surface area contributed by atoms with E-state index in [1.165, 1.54) is 19.1 Å². The molecule has 1 aromatic heterocycles. The van der Waals surface area contributed by atoms with Crippen LogP contribution in [0.2, 0.25) is 5.02 Å². The van der Waals surface area contributed by atoms with Gasteiger partial charge in [-0.05, 0) is 36.4 Å². The summed E-state index contributed by atoms with van der Waals surface area (Å²) in [6, 6.07) is 9.86. The molecule has 0 saturated heterocycles.